The van der Waals surface area contributed by atoms with Crippen molar-refractivity contribution in [2.75, 3.05) is 5.32 Å². The number of benzene rings is 1. The van der Waals surface area contributed by atoms with Crippen LogP contribution in [0.2, 0.25) is 0 Å². The lowest BCUT2D eigenvalue weighted by Crippen LogP contribution is -2.19. The average molecular weight is 370 g/mol. The van der Waals surface area contributed by atoms with Gasteiger partial charge in [-0.25, -0.2) is 9.37 Å². The monoisotopic (exact) mass is 370 g/mol. The van der Waals surface area contributed by atoms with E-state index in [9.17, 15) is 22.4 Å². The SMILES string of the molecule is O=C(Cn1ccc(C(F)(F)F)n1)Nc1nc(-c2ccc(F)cc2)cs1. The molecule has 0 aliphatic rings. The minimum absolute atomic E-state index is 0.285. The molecule has 3 rings (SSSR count). The van der Waals surface area contributed by atoms with Gasteiger partial charge in [-0.3, -0.25) is 9.48 Å². The standard InChI is InChI=1S/C15H10F4N4OS/c16-10-3-1-9(2-4-10)11-8-25-14(20-11)21-13(24)7-23-6-5-12(22-23)15(17,18)19/h1-6,8H,7H2,(H,20,21,24). The summed E-state index contributed by atoms with van der Waals surface area (Å²) in [6, 6.07) is 6.49. The third kappa shape index (κ3) is 4.21. The molecule has 0 atom stereocenters. The van der Waals surface area contributed by atoms with Gasteiger partial charge in [-0.05, 0) is 30.3 Å². The Morgan fingerprint density at radius 3 is 2.56 bits per heavy atom. The highest BCUT2D eigenvalue weighted by Crippen LogP contribution is 2.27. The Bertz CT molecular complexity index is 886. The molecule has 0 unspecified atom stereocenters. The number of aromatic nitrogens is 3. The smallest absolute Gasteiger partial charge is 0.300 e. The Morgan fingerprint density at radius 2 is 1.92 bits per heavy atom. The predicted octanol–water partition coefficient (Wildman–Crippen LogP) is 3.80. The van der Waals surface area contributed by atoms with Gasteiger partial charge < -0.3 is 5.32 Å². The summed E-state index contributed by atoms with van der Waals surface area (Å²) >= 11 is 1.15. The molecule has 1 aromatic carbocycles. The van der Waals surface area contributed by atoms with Crippen molar-refractivity contribution in [3.8, 4) is 11.3 Å². The zero-order valence-corrected chi connectivity index (χ0v) is 13.2. The molecule has 10 heteroatoms. The number of hydrogen-bond donors (Lipinski definition) is 1. The molecular formula is C15H10F4N4OS. The Morgan fingerprint density at radius 1 is 1.20 bits per heavy atom. The highest BCUT2D eigenvalue weighted by molar-refractivity contribution is 7.14. The van der Waals surface area contributed by atoms with Crippen molar-refractivity contribution in [1.82, 2.24) is 14.8 Å². The quantitative estimate of drug-likeness (QED) is 0.711. The third-order valence-corrected chi connectivity index (χ3v) is 3.88. The molecule has 3 aromatic rings. The van der Waals surface area contributed by atoms with Crippen molar-refractivity contribution in [3.05, 3.63) is 53.4 Å². The lowest BCUT2D eigenvalue weighted by molar-refractivity contribution is -0.141. The van der Waals surface area contributed by atoms with Gasteiger partial charge >= 0.3 is 6.18 Å². The van der Waals surface area contributed by atoms with Gasteiger partial charge in [-0.2, -0.15) is 18.3 Å². The normalized spacial score (nSPS) is 11.5. The van der Waals surface area contributed by atoms with Crippen molar-refractivity contribution < 1.29 is 22.4 Å². The Hall–Kier alpha value is -2.75. The maximum Gasteiger partial charge on any atom is 0.435 e. The number of rotatable bonds is 4. The summed E-state index contributed by atoms with van der Waals surface area (Å²) in [7, 11) is 0. The van der Waals surface area contributed by atoms with Gasteiger partial charge in [0.05, 0.1) is 5.69 Å². The molecule has 0 bridgehead atoms. The maximum absolute atomic E-state index is 12.9. The van der Waals surface area contributed by atoms with Crippen LogP contribution in [0.5, 0.6) is 0 Å². The van der Waals surface area contributed by atoms with Gasteiger partial charge in [0.2, 0.25) is 5.91 Å². The Balaban J connectivity index is 1.64. The second-order valence-corrected chi connectivity index (χ2v) is 5.85. The minimum Gasteiger partial charge on any atom is -0.300 e. The van der Waals surface area contributed by atoms with Crippen molar-refractivity contribution in [3.63, 3.8) is 0 Å². The number of nitrogens with zero attached hydrogens (tertiary/aromatic N) is 3. The lowest BCUT2D eigenvalue weighted by Gasteiger charge is -2.03. The van der Waals surface area contributed by atoms with E-state index in [0.29, 0.717) is 11.3 Å². The summed E-state index contributed by atoms with van der Waals surface area (Å²) in [5, 5.41) is 7.76. The molecule has 2 aromatic heterocycles. The first-order valence-corrected chi connectivity index (χ1v) is 7.81. The molecule has 0 saturated heterocycles. The highest BCUT2D eigenvalue weighted by atomic mass is 32.1. The second-order valence-electron chi connectivity index (χ2n) is 4.99. The van der Waals surface area contributed by atoms with Crippen LogP contribution in [0.1, 0.15) is 5.69 Å². The van der Waals surface area contributed by atoms with Gasteiger partial charge in [0.15, 0.2) is 10.8 Å². The molecule has 0 spiro atoms. The number of hydrogen-bond acceptors (Lipinski definition) is 4. The molecule has 130 valence electrons. The molecule has 1 amide bonds. The predicted molar refractivity (Wildman–Crippen MR) is 83.4 cm³/mol. The van der Waals surface area contributed by atoms with Crippen LogP contribution in [-0.4, -0.2) is 20.7 Å². The average Bonchev–Trinajstić information content (AvgIpc) is 3.17. The highest BCUT2D eigenvalue weighted by Gasteiger charge is 2.33. The number of halogens is 4. The minimum atomic E-state index is -4.55. The first-order chi connectivity index (χ1) is 11.8. The summed E-state index contributed by atoms with van der Waals surface area (Å²) in [6.07, 6.45) is -3.48. The van der Waals surface area contributed by atoms with Gasteiger partial charge in [0.1, 0.15) is 12.4 Å². The first kappa shape index (κ1) is 17.1. The molecule has 0 radical (unpaired) electrons. The largest absolute Gasteiger partial charge is 0.435 e. The van der Waals surface area contributed by atoms with Gasteiger partial charge in [0, 0.05) is 17.1 Å². The number of nitrogens with one attached hydrogen (secondary N) is 1. The van der Waals surface area contributed by atoms with E-state index in [1.54, 1.807) is 17.5 Å². The molecule has 5 nitrogen and oxygen atoms in total. The van der Waals surface area contributed by atoms with E-state index in [2.05, 4.69) is 15.4 Å². The summed E-state index contributed by atoms with van der Waals surface area (Å²) in [5.74, 6) is -0.929. The van der Waals surface area contributed by atoms with Crippen molar-refractivity contribution in [2.45, 2.75) is 12.7 Å². The fourth-order valence-corrected chi connectivity index (χ4v) is 2.73. The summed E-state index contributed by atoms with van der Waals surface area (Å²) in [6.45, 7) is -0.373. The van der Waals surface area contributed by atoms with Crippen molar-refractivity contribution in [2.24, 2.45) is 0 Å². The van der Waals surface area contributed by atoms with Gasteiger partial charge in [0.25, 0.3) is 0 Å². The molecule has 0 fully saturated rings. The van der Waals surface area contributed by atoms with Crippen molar-refractivity contribution >= 4 is 22.4 Å². The zero-order chi connectivity index (χ0) is 18.0. The summed E-state index contributed by atoms with van der Waals surface area (Å²) < 4.78 is 51.2. The lowest BCUT2D eigenvalue weighted by atomic mass is 10.2. The number of alkyl halides is 3. The van der Waals surface area contributed by atoms with Crippen LogP contribution in [0, 0.1) is 5.82 Å². The number of amides is 1. The van der Waals surface area contributed by atoms with E-state index < -0.39 is 17.8 Å². The molecular weight excluding hydrogens is 360 g/mol. The Labute approximate surface area is 142 Å². The zero-order valence-electron chi connectivity index (χ0n) is 12.4. The summed E-state index contributed by atoms with van der Waals surface area (Å²) in [4.78, 5) is 16.1. The Kier molecular flexibility index (Phi) is 4.53. The first-order valence-electron chi connectivity index (χ1n) is 6.93. The van der Waals surface area contributed by atoms with E-state index in [0.717, 1.165) is 28.3 Å². The topological polar surface area (TPSA) is 59.8 Å². The van der Waals surface area contributed by atoms with E-state index in [1.807, 2.05) is 0 Å². The van der Waals surface area contributed by atoms with Crippen LogP contribution >= 0.6 is 11.3 Å². The fraction of sp³-hybridized carbons (Fsp3) is 0.133. The van der Waals surface area contributed by atoms with Crippen LogP contribution in [0.3, 0.4) is 0 Å². The third-order valence-electron chi connectivity index (χ3n) is 3.13. The summed E-state index contributed by atoms with van der Waals surface area (Å²) in [5.41, 5.74) is 0.173. The maximum atomic E-state index is 12.9. The molecule has 1 N–H and O–H groups in total. The van der Waals surface area contributed by atoms with E-state index in [4.69, 9.17) is 0 Å². The number of carbonyl (C=O) groups excluding carboxylic acids is 1. The second kappa shape index (κ2) is 6.63. The van der Waals surface area contributed by atoms with Crippen LogP contribution in [-0.2, 0) is 17.5 Å². The van der Waals surface area contributed by atoms with Crippen LogP contribution in [0.25, 0.3) is 11.3 Å². The molecule has 25 heavy (non-hydrogen) atoms. The number of anilines is 1. The number of carbonyl (C=O) groups is 1. The molecule has 0 saturated carbocycles. The van der Waals surface area contributed by atoms with Gasteiger partial charge in [-0.15, -0.1) is 11.3 Å². The van der Waals surface area contributed by atoms with Crippen molar-refractivity contribution in [1.29, 1.82) is 0 Å². The molecule has 0 aliphatic heterocycles. The van der Waals surface area contributed by atoms with Gasteiger partial charge in [-0.1, -0.05) is 0 Å². The van der Waals surface area contributed by atoms with E-state index >= 15 is 0 Å². The van der Waals surface area contributed by atoms with E-state index in [1.165, 1.54) is 12.1 Å². The molecule has 2 heterocycles. The van der Waals surface area contributed by atoms with Crippen LogP contribution < -0.4 is 5.32 Å². The van der Waals surface area contributed by atoms with Crippen LogP contribution in [0.15, 0.2) is 41.9 Å². The van der Waals surface area contributed by atoms with Crippen LogP contribution in [0.4, 0.5) is 22.7 Å². The molecule has 0 aliphatic carbocycles. The fourth-order valence-electron chi connectivity index (χ4n) is 1.99. The number of thiazole rings is 1. The van der Waals surface area contributed by atoms with E-state index in [-0.39, 0.29) is 17.5 Å².